The largest absolute Gasteiger partial charge is 0.455 e. The lowest BCUT2D eigenvalue weighted by molar-refractivity contribution is -0.164. The van der Waals surface area contributed by atoms with Gasteiger partial charge in [0.1, 0.15) is 0 Å². The van der Waals surface area contributed by atoms with Gasteiger partial charge in [-0.15, -0.1) is 0 Å². The van der Waals surface area contributed by atoms with Crippen molar-refractivity contribution < 1.29 is 19.1 Å². The summed E-state index contributed by atoms with van der Waals surface area (Å²) in [6.45, 7) is 1.76. The van der Waals surface area contributed by atoms with Gasteiger partial charge in [-0.1, -0.05) is 19.8 Å². The van der Waals surface area contributed by atoms with E-state index in [0.29, 0.717) is 17.8 Å². The number of ether oxygens (including phenoxy) is 1. The van der Waals surface area contributed by atoms with E-state index in [9.17, 15) is 14.4 Å². The molecule has 5 fully saturated rings. The minimum atomic E-state index is -0.548. The van der Waals surface area contributed by atoms with Crippen LogP contribution >= 0.6 is 0 Å². The lowest BCUT2D eigenvalue weighted by Crippen LogP contribution is -2.50. The molecule has 27 heavy (non-hydrogen) atoms. The van der Waals surface area contributed by atoms with Crippen LogP contribution < -0.4 is 10.6 Å². The number of nitrogens with one attached hydrogen (secondary N) is 2. The first-order chi connectivity index (χ1) is 13.0. The highest BCUT2D eigenvalue weighted by atomic mass is 16.5. The molecular formula is C21H32N2O4. The summed E-state index contributed by atoms with van der Waals surface area (Å²) < 4.78 is 5.31. The molecule has 5 rings (SSSR count). The smallest absolute Gasteiger partial charge is 0.321 e. The molecule has 4 bridgehead atoms. The summed E-state index contributed by atoms with van der Waals surface area (Å²) >= 11 is 0. The van der Waals surface area contributed by atoms with Gasteiger partial charge >= 0.3 is 12.0 Å². The first kappa shape index (κ1) is 18.8. The molecule has 5 aliphatic carbocycles. The van der Waals surface area contributed by atoms with Gasteiger partial charge in [0.2, 0.25) is 0 Å². The molecule has 0 spiro atoms. The molecule has 0 aromatic rings. The number of carbonyl (C=O) groups excluding carboxylic acids is 3. The zero-order valence-electron chi connectivity index (χ0n) is 16.2. The fourth-order valence-corrected chi connectivity index (χ4v) is 6.44. The maximum atomic E-state index is 12.6. The van der Waals surface area contributed by atoms with Crippen molar-refractivity contribution in [1.29, 1.82) is 0 Å². The van der Waals surface area contributed by atoms with Crippen molar-refractivity contribution in [2.45, 2.75) is 70.8 Å². The van der Waals surface area contributed by atoms with Crippen molar-refractivity contribution in [3.05, 3.63) is 0 Å². The van der Waals surface area contributed by atoms with Crippen molar-refractivity contribution in [2.24, 2.45) is 35.5 Å². The van der Waals surface area contributed by atoms with Crippen LogP contribution in [0.25, 0.3) is 0 Å². The molecule has 0 radical (unpaired) electrons. The van der Waals surface area contributed by atoms with Crippen LogP contribution in [0.4, 0.5) is 4.79 Å². The van der Waals surface area contributed by atoms with Gasteiger partial charge in [0, 0.05) is 6.04 Å². The minimum absolute atomic E-state index is 0.0393. The molecule has 0 unspecified atom stereocenters. The quantitative estimate of drug-likeness (QED) is 0.739. The standard InChI is InChI=1S/C21H32N2O4/c1-12-4-2-3-5-17(12)22-21(26)23-18(24)11-27-20(25)19-15-7-13-6-14(9-15)10-16(19)8-13/h12-17,19H,2-11H2,1H3,(H2,22,23,24,26)/t12-,13?,14?,15?,16?,17-,19?/m0/s1. The molecule has 150 valence electrons. The van der Waals surface area contributed by atoms with Gasteiger partial charge < -0.3 is 10.1 Å². The van der Waals surface area contributed by atoms with Crippen LogP contribution in [0.15, 0.2) is 0 Å². The van der Waals surface area contributed by atoms with E-state index in [2.05, 4.69) is 17.6 Å². The summed E-state index contributed by atoms with van der Waals surface area (Å²) in [4.78, 5) is 36.6. The van der Waals surface area contributed by atoms with Gasteiger partial charge in [0.05, 0.1) is 5.92 Å². The topological polar surface area (TPSA) is 84.5 Å². The zero-order valence-corrected chi connectivity index (χ0v) is 16.2. The number of hydrogen-bond donors (Lipinski definition) is 2. The highest BCUT2D eigenvalue weighted by Gasteiger charge is 2.51. The van der Waals surface area contributed by atoms with Crippen LogP contribution in [0.1, 0.15) is 64.7 Å². The second kappa shape index (κ2) is 7.80. The fraction of sp³-hybridized carbons (Fsp3) is 0.857. The highest BCUT2D eigenvalue weighted by Crippen LogP contribution is 2.56. The normalized spacial score (nSPS) is 39.7. The number of imide groups is 1. The van der Waals surface area contributed by atoms with Gasteiger partial charge in [-0.05, 0) is 74.5 Å². The van der Waals surface area contributed by atoms with E-state index in [1.807, 2.05) is 0 Å². The molecule has 2 atom stereocenters. The van der Waals surface area contributed by atoms with E-state index in [0.717, 1.165) is 56.8 Å². The van der Waals surface area contributed by atoms with Crippen LogP contribution in [0, 0.1) is 35.5 Å². The molecule has 0 saturated heterocycles. The summed E-state index contributed by atoms with van der Waals surface area (Å²) in [6, 6.07) is -0.369. The molecule has 0 heterocycles. The maximum absolute atomic E-state index is 12.6. The Hall–Kier alpha value is -1.59. The molecule has 5 aliphatic rings. The van der Waals surface area contributed by atoms with E-state index >= 15 is 0 Å². The van der Waals surface area contributed by atoms with E-state index in [1.165, 1.54) is 12.8 Å². The van der Waals surface area contributed by atoms with E-state index < -0.39 is 11.9 Å². The van der Waals surface area contributed by atoms with Gasteiger partial charge in [0.25, 0.3) is 5.91 Å². The Bertz CT molecular complexity index is 577. The molecule has 6 nitrogen and oxygen atoms in total. The van der Waals surface area contributed by atoms with Crippen LogP contribution in [-0.4, -0.2) is 30.6 Å². The summed E-state index contributed by atoms with van der Waals surface area (Å²) in [5.74, 6) is 2.07. The third-order valence-electron chi connectivity index (χ3n) is 7.53. The average Bonchev–Trinajstić information content (AvgIpc) is 2.61. The molecular weight excluding hydrogens is 344 g/mol. The average molecular weight is 376 g/mol. The number of hydrogen-bond acceptors (Lipinski definition) is 4. The number of urea groups is 1. The summed E-state index contributed by atoms with van der Waals surface area (Å²) in [7, 11) is 0. The first-order valence-corrected chi connectivity index (χ1v) is 10.8. The summed E-state index contributed by atoms with van der Waals surface area (Å²) in [5, 5.41) is 5.19. The molecule has 5 saturated carbocycles. The van der Waals surface area contributed by atoms with Crippen LogP contribution in [-0.2, 0) is 14.3 Å². The number of esters is 1. The lowest BCUT2D eigenvalue weighted by atomic mass is 9.52. The second-order valence-corrected chi connectivity index (χ2v) is 9.45. The van der Waals surface area contributed by atoms with Gasteiger partial charge in [0.15, 0.2) is 6.61 Å². The van der Waals surface area contributed by atoms with Crippen molar-refractivity contribution in [2.75, 3.05) is 6.61 Å². The predicted molar refractivity (Wildman–Crippen MR) is 99.6 cm³/mol. The Labute approximate surface area is 161 Å². The number of carbonyl (C=O) groups is 3. The minimum Gasteiger partial charge on any atom is -0.455 e. The summed E-state index contributed by atoms with van der Waals surface area (Å²) in [6.07, 6.45) is 10.2. The Morgan fingerprint density at radius 3 is 2.19 bits per heavy atom. The van der Waals surface area contributed by atoms with Crippen molar-refractivity contribution in [3.8, 4) is 0 Å². The van der Waals surface area contributed by atoms with Crippen LogP contribution in [0.2, 0.25) is 0 Å². The van der Waals surface area contributed by atoms with Crippen molar-refractivity contribution in [3.63, 3.8) is 0 Å². The fourth-order valence-electron chi connectivity index (χ4n) is 6.44. The third-order valence-corrected chi connectivity index (χ3v) is 7.53. The molecule has 0 aliphatic heterocycles. The molecule has 2 N–H and O–H groups in total. The maximum Gasteiger partial charge on any atom is 0.321 e. The zero-order chi connectivity index (χ0) is 19.0. The SMILES string of the molecule is C[C@H]1CCCC[C@@H]1NC(=O)NC(=O)COC(=O)C1C2CC3CC(C2)CC1C3. The molecule has 3 amide bonds. The monoisotopic (exact) mass is 376 g/mol. The van der Waals surface area contributed by atoms with Crippen LogP contribution in [0.5, 0.6) is 0 Å². The van der Waals surface area contributed by atoms with Gasteiger partial charge in [-0.3, -0.25) is 14.9 Å². The number of amides is 3. The Kier molecular flexibility index (Phi) is 5.42. The summed E-state index contributed by atoms with van der Waals surface area (Å²) in [5.41, 5.74) is 0. The van der Waals surface area contributed by atoms with Crippen LogP contribution in [0.3, 0.4) is 0 Å². The second-order valence-electron chi connectivity index (χ2n) is 9.45. The van der Waals surface area contributed by atoms with Crippen molar-refractivity contribution >= 4 is 17.9 Å². The first-order valence-electron chi connectivity index (χ1n) is 10.8. The molecule has 0 aromatic carbocycles. The highest BCUT2D eigenvalue weighted by molar-refractivity contribution is 5.95. The third kappa shape index (κ3) is 4.14. The lowest BCUT2D eigenvalue weighted by Gasteiger charge is -2.53. The van der Waals surface area contributed by atoms with E-state index in [4.69, 9.17) is 4.74 Å². The molecule has 6 heteroatoms. The van der Waals surface area contributed by atoms with E-state index in [1.54, 1.807) is 0 Å². The van der Waals surface area contributed by atoms with Crippen molar-refractivity contribution in [1.82, 2.24) is 10.6 Å². The Morgan fingerprint density at radius 2 is 1.56 bits per heavy atom. The van der Waals surface area contributed by atoms with E-state index in [-0.39, 0.29) is 24.5 Å². The number of rotatable bonds is 4. The Morgan fingerprint density at radius 1 is 0.926 bits per heavy atom. The van der Waals surface area contributed by atoms with Gasteiger partial charge in [-0.25, -0.2) is 4.79 Å². The Balaban J connectivity index is 1.21. The molecule has 0 aromatic heterocycles. The van der Waals surface area contributed by atoms with Gasteiger partial charge in [-0.2, -0.15) is 0 Å². The predicted octanol–water partition coefficient (Wildman–Crippen LogP) is 3.01.